The molecule has 11 heavy (non-hydrogen) atoms. The van der Waals surface area contributed by atoms with Crippen LogP contribution in [0.5, 0.6) is 0 Å². The van der Waals surface area contributed by atoms with E-state index in [0.29, 0.717) is 8.70 Å². The molecule has 0 unspecified atom stereocenters. The second kappa shape index (κ2) is 9.09. The second-order valence-electron chi connectivity index (χ2n) is 1.49. The van der Waals surface area contributed by atoms with E-state index in [1.54, 1.807) is 0 Å². The number of hydrogen-bond donors (Lipinski definition) is 3. The van der Waals surface area contributed by atoms with Crippen LogP contribution in [0.2, 0.25) is 0 Å². The summed E-state index contributed by atoms with van der Waals surface area (Å²) in [6.45, 7) is 1.47. The molecular formula is C4H9MnN2S4+3. The molecule has 2 N–H and O–H groups in total. The molecule has 0 atom stereocenters. The summed E-state index contributed by atoms with van der Waals surface area (Å²) < 4.78 is 1.11. The van der Waals surface area contributed by atoms with Crippen molar-refractivity contribution in [3.8, 4) is 0 Å². The van der Waals surface area contributed by atoms with Gasteiger partial charge in [0.25, 0.3) is 0 Å². The molecular weight excluding hydrogens is 259 g/mol. The summed E-state index contributed by atoms with van der Waals surface area (Å²) in [5.41, 5.74) is 0. The Labute approximate surface area is 98.7 Å². The molecule has 0 aliphatic heterocycles. The Morgan fingerprint density at radius 2 is 2.27 bits per heavy atom. The zero-order valence-corrected chi connectivity index (χ0v) is 10.3. The first-order chi connectivity index (χ1) is 4.63. The monoisotopic (exact) mass is 268 g/mol. The number of thiocarbonyl (C=S) groups is 1. The fourth-order valence-corrected chi connectivity index (χ4v) is 0.786. The van der Waals surface area contributed by atoms with Gasteiger partial charge in [0.1, 0.15) is 0 Å². The quantitative estimate of drug-likeness (QED) is 0.0791. The molecule has 0 saturated carbocycles. The maximum atomic E-state index is 4.61. The Bertz CT molecular complexity index is 145. The third kappa shape index (κ3) is 13.9. The average molecular weight is 268 g/mol. The van der Waals surface area contributed by atoms with Crippen molar-refractivity contribution in [2.75, 3.05) is 13.1 Å². The predicted molar refractivity (Wildman–Crippen MR) is 57.9 cm³/mol. The zero-order chi connectivity index (χ0) is 7.98. The topological polar surface area (TPSA) is 26.0 Å². The van der Waals surface area contributed by atoms with Gasteiger partial charge in [0, 0.05) is 0 Å². The van der Waals surface area contributed by atoms with Gasteiger partial charge in [0.15, 0.2) is 6.54 Å². The minimum absolute atomic E-state index is 0. The van der Waals surface area contributed by atoms with Crippen LogP contribution in [0, 0.1) is 0 Å². The Kier molecular flexibility index (Phi) is 12.0. The number of thiol groups is 1. The van der Waals surface area contributed by atoms with Crippen molar-refractivity contribution in [3.05, 3.63) is 0 Å². The van der Waals surface area contributed by atoms with Crippen LogP contribution in [0.25, 0.3) is 0 Å². The van der Waals surface area contributed by atoms with E-state index in [-0.39, 0.29) is 17.1 Å². The van der Waals surface area contributed by atoms with Crippen LogP contribution < -0.4 is 10.3 Å². The second-order valence-corrected chi connectivity index (χ2v) is 3.93. The van der Waals surface area contributed by atoms with Crippen molar-refractivity contribution in [1.82, 2.24) is 5.32 Å². The molecule has 0 saturated heterocycles. The van der Waals surface area contributed by atoms with Crippen molar-refractivity contribution >= 4 is 58.8 Å². The first-order valence-electron chi connectivity index (χ1n) is 2.59. The van der Waals surface area contributed by atoms with E-state index in [1.807, 2.05) is 0 Å². The average Bonchev–Trinajstić information content (AvgIpc) is 1.79. The SMILES string of the molecule is S=C([S-])NCC[NH+]=C(S)[SH2+].[Mn+2]. The first kappa shape index (κ1) is 14.5. The van der Waals surface area contributed by atoms with Gasteiger partial charge in [-0.25, -0.2) is 0 Å². The summed E-state index contributed by atoms with van der Waals surface area (Å²) in [7, 11) is 0. The summed E-state index contributed by atoms with van der Waals surface area (Å²) in [5.74, 6) is 0. The molecule has 0 aromatic carbocycles. The van der Waals surface area contributed by atoms with E-state index in [0.717, 1.165) is 13.1 Å². The predicted octanol–water partition coefficient (Wildman–Crippen LogP) is -2.22. The summed E-state index contributed by atoms with van der Waals surface area (Å²) >= 11 is 16.4. The molecule has 63 valence electrons. The van der Waals surface area contributed by atoms with Crippen LogP contribution in [0.4, 0.5) is 0 Å². The molecule has 7 heteroatoms. The van der Waals surface area contributed by atoms with Crippen molar-refractivity contribution in [3.63, 3.8) is 0 Å². The maximum absolute atomic E-state index is 4.61. The fraction of sp³-hybridized carbons (Fsp3) is 0.500. The minimum Gasteiger partial charge on any atom is -0.412 e. The van der Waals surface area contributed by atoms with E-state index < -0.39 is 0 Å². The smallest absolute Gasteiger partial charge is 0.412 e. The minimum atomic E-state index is 0. The zero-order valence-electron chi connectivity index (χ0n) is 5.56. The first-order valence-corrected chi connectivity index (χ1v) is 4.35. The van der Waals surface area contributed by atoms with Gasteiger partial charge in [0.05, 0.1) is 19.2 Å². The van der Waals surface area contributed by atoms with Gasteiger partial charge >= 0.3 is 21.4 Å². The summed E-state index contributed by atoms with van der Waals surface area (Å²) in [5, 5.41) is 2.82. The van der Waals surface area contributed by atoms with Crippen molar-refractivity contribution in [1.29, 1.82) is 0 Å². The van der Waals surface area contributed by atoms with Crippen molar-refractivity contribution in [2.45, 2.75) is 0 Å². The molecule has 0 spiro atoms. The summed E-state index contributed by atoms with van der Waals surface area (Å²) in [6.07, 6.45) is 0. The van der Waals surface area contributed by atoms with Crippen LogP contribution in [0.15, 0.2) is 0 Å². The van der Waals surface area contributed by atoms with Gasteiger partial charge in [-0.3, -0.25) is 0 Å². The molecule has 0 bridgehead atoms. The van der Waals surface area contributed by atoms with E-state index in [2.05, 4.69) is 60.4 Å². The van der Waals surface area contributed by atoms with Gasteiger partial charge in [-0.1, -0.05) is 4.32 Å². The number of hydrogen-bond acceptors (Lipinski definition) is 2. The third-order valence-electron chi connectivity index (χ3n) is 0.687. The Morgan fingerprint density at radius 3 is 2.64 bits per heavy atom. The number of rotatable bonds is 3. The van der Waals surface area contributed by atoms with E-state index in [4.69, 9.17) is 0 Å². The van der Waals surface area contributed by atoms with Gasteiger partial charge in [-0.2, -0.15) is 4.99 Å². The maximum Gasteiger partial charge on any atom is 2.00 e. The molecule has 0 aromatic heterocycles. The van der Waals surface area contributed by atoms with E-state index in [1.165, 1.54) is 0 Å². The summed E-state index contributed by atoms with van der Waals surface area (Å²) in [6, 6.07) is 0. The normalized spacial score (nSPS) is 10.2. The molecule has 0 heterocycles. The Morgan fingerprint density at radius 1 is 1.73 bits per heavy atom. The van der Waals surface area contributed by atoms with Gasteiger partial charge in [0.2, 0.25) is 0 Å². The molecule has 0 aliphatic rings. The fourth-order valence-electron chi connectivity index (χ4n) is 0.345. The molecule has 1 radical (unpaired) electrons. The van der Waals surface area contributed by atoms with Gasteiger partial charge < -0.3 is 30.2 Å². The van der Waals surface area contributed by atoms with Gasteiger partial charge in [-0.05, 0) is 12.6 Å². The molecule has 2 nitrogen and oxygen atoms in total. The van der Waals surface area contributed by atoms with Crippen molar-refractivity contribution < 1.29 is 22.1 Å². The standard InChI is InChI=1S/C4H8N2S4.Mn/c7-3(8)5-1-2-6-4(9)10;/h1-2H2,(H2,5,7,8)(H2,6,9,10);/q;+2/p+1. The molecule has 0 aliphatic carbocycles. The van der Waals surface area contributed by atoms with Crippen LogP contribution >= 0.6 is 24.8 Å². The van der Waals surface area contributed by atoms with Crippen LogP contribution in [-0.2, 0) is 42.3 Å². The van der Waals surface area contributed by atoms with Crippen LogP contribution in [0.1, 0.15) is 0 Å². The molecule has 0 aromatic rings. The van der Waals surface area contributed by atoms with E-state index >= 15 is 0 Å². The van der Waals surface area contributed by atoms with Crippen molar-refractivity contribution in [2.24, 2.45) is 0 Å². The Balaban J connectivity index is 0. The van der Waals surface area contributed by atoms with E-state index in [9.17, 15) is 0 Å². The molecule has 0 fully saturated rings. The van der Waals surface area contributed by atoms with Crippen LogP contribution in [-0.4, -0.2) is 21.8 Å². The molecule has 0 rings (SSSR count). The molecule has 0 amide bonds. The van der Waals surface area contributed by atoms with Gasteiger partial charge in [-0.15, -0.1) is 0 Å². The Hall–Kier alpha value is 0.999. The summed E-state index contributed by atoms with van der Waals surface area (Å²) in [4.78, 5) is 2.93. The largest absolute Gasteiger partial charge is 2.00 e. The third-order valence-corrected chi connectivity index (χ3v) is 1.31. The number of nitrogens with one attached hydrogen (secondary N) is 2. The van der Waals surface area contributed by atoms with Crippen LogP contribution in [0.3, 0.4) is 0 Å².